The summed E-state index contributed by atoms with van der Waals surface area (Å²) in [7, 11) is 0. The second-order valence-corrected chi connectivity index (χ2v) is 7.44. The number of thioether (sulfide) groups is 1. The van der Waals surface area contributed by atoms with Gasteiger partial charge in [-0.25, -0.2) is 9.18 Å². The van der Waals surface area contributed by atoms with Crippen molar-refractivity contribution in [3.05, 3.63) is 88.3 Å². The van der Waals surface area contributed by atoms with E-state index < -0.39 is 22.9 Å². The van der Waals surface area contributed by atoms with E-state index in [1.807, 2.05) is 0 Å². The van der Waals surface area contributed by atoms with E-state index in [0.717, 1.165) is 16.7 Å². The van der Waals surface area contributed by atoms with Gasteiger partial charge in [-0.15, -0.1) is 0 Å². The Kier molecular flexibility index (Phi) is 5.24. The molecule has 1 aliphatic rings. The lowest BCUT2D eigenvalue weighted by Crippen LogP contribution is -2.27. The average Bonchev–Trinajstić information content (AvgIpc) is 3.30. The summed E-state index contributed by atoms with van der Waals surface area (Å²) < 4.78 is 19.6. The van der Waals surface area contributed by atoms with E-state index >= 15 is 0 Å². The number of carbonyl (C=O) groups excluding carboxylic acids is 2. The Bertz CT molecular complexity index is 1200. The lowest BCUT2D eigenvalue weighted by Gasteiger charge is -2.12. The number of imide groups is 1. The van der Waals surface area contributed by atoms with Crippen LogP contribution in [0.25, 0.3) is 17.4 Å². The predicted octanol–water partition coefficient (Wildman–Crippen LogP) is 5.02. The molecule has 0 radical (unpaired) electrons. The minimum Gasteiger partial charge on any atom is -0.478 e. The average molecular weight is 423 g/mol. The van der Waals surface area contributed by atoms with Crippen LogP contribution in [-0.2, 0) is 11.3 Å². The second-order valence-electron chi connectivity index (χ2n) is 6.45. The van der Waals surface area contributed by atoms with Gasteiger partial charge in [0, 0.05) is 17.2 Å². The number of carboxylic acid groups (broad SMARTS) is 1. The third-order valence-electron chi connectivity index (χ3n) is 4.45. The van der Waals surface area contributed by atoms with Gasteiger partial charge in [0.2, 0.25) is 0 Å². The van der Waals surface area contributed by atoms with Crippen LogP contribution < -0.4 is 0 Å². The highest BCUT2D eigenvalue weighted by Gasteiger charge is 2.35. The van der Waals surface area contributed by atoms with Crippen molar-refractivity contribution in [2.75, 3.05) is 0 Å². The van der Waals surface area contributed by atoms with Crippen LogP contribution in [0.1, 0.15) is 21.7 Å². The molecule has 0 aliphatic carbocycles. The molecule has 0 atom stereocenters. The zero-order chi connectivity index (χ0) is 21.3. The SMILES string of the molecule is O=C(O)c1cccc(-c2ccc(/C=C3/SC(=O)N(Cc4ccccc4F)C3=O)o2)c1. The van der Waals surface area contributed by atoms with Crippen molar-refractivity contribution in [2.24, 2.45) is 0 Å². The summed E-state index contributed by atoms with van der Waals surface area (Å²) in [4.78, 5) is 37.1. The number of nitrogens with zero attached hydrogens (tertiary/aromatic N) is 1. The van der Waals surface area contributed by atoms with E-state index in [1.54, 1.807) is 30.3 Å². The van der Waals surface area contributed by atoms with Crippen molar-refractivity contribution >= 4 is 35.0 Å². The summed E-state index contributed by atoms with van der Waals surface area (Å²) in [6.45, 7) is -0.153. The molecule has 1 N–H and O–H groups in total. The van der Waals surface area contributed by atoms with E-state index in [1.165, 1.54) is 36.4 Å². The van der Waals surface area contributed by atoms with Gasteiger partial charge in [-0.2, -0.15) is 0 Å². The van der Waals surface area contributed by atoms with Crippen LogP contribution in [0.4, 0.5) is 9.18 Å². The van der Waals surface area contributed by atoms with Gasteiger partial charge in [0.05, 0.1) is 17.0 Å². The Morgan fingerprint density at radius 3 is 2.67 bits per heavy atom. The van der Waals surface area contributed by atoms with Crippen LogP contribution in [0.5, 0.6) is 0 Å². The topological polar surface area (TPSA) is 87.8 Å². The number of furan rings is 1. The lowest BCUT2D eigenvalue weighted by atomic mass is 10.1. The molecular weight excluding hydrogens is 409 g/mol. The van der Waals surface area contributed by atoms with Gasteiger partial charge < -0.3 is 9.52 Å². The zero-order valence-corrected chi connectivity index (χ0v) is 16.2. The van der Waals surface area contributed by atoms with E-state index in [-0.39, 0.29) is 22.6 Å². The van der Waals surface area contributed by atoms with Crippen molar-refractivity contribution in [3.8, 4) is 11.3 Å². The molecule has 0 saturated carbocycles. The highest BCUT2D eigenvalue weighted by Crippen LogP contribution is 2.34. The molecule has 2 aromatic carbocycles. The van der Waals surface area contributed by atoms with Gasteiger partial charge in [0.15, 0.2) is 0 Å². The van der Waals surface area contributed by atoms with Gasteiger partial charge in [0.1, 0.15) is 17.3 Å². The molecule has 6 nitrogen and oxygen atoms in total. The monoisotopic (exact) mass is 423 g/mol. The number of carbonyl (C=O) groups is 3. The molecule has 1 aliphatic heterocycles. The number of benzene rings is 2. The Hall–Kier alpha value is -3.65. The zero-order valence-electron chi connectivity index (χ0n) is 15.4. The number of hydrogen-bond donors (Lipinski definition) is 1. The number of halogens is 1. The van der Waals surface area contributed by atoms with Gasteiger partial charge in [-0.3, -0.25) is 14.5 Å². The summed E-state index contributed by atoms with van der Waals surface area (Å²) in [6.07, 6.45) is 1.44. The normalized spacial score (nSPS) is 15.2. The first-order valence-electron chi connectivity index (χ1n) is 8.85. The van der Waals surface area contributed by atoms with Crippen LogP contribution in [-0.4, -0.2) is 27.1 Å². The van der Waals surface area contributed by atoms with Crippen LogP contribution in [0.15, 0.2) is 70.0 Å². The van der Waals surface area contributed by atoms with Crippen LogP contribution in [0.3, 0.4) is 0 Å². The lowest BCUT2D eigenvalue weighted by molar-refractivity contribution is -0.123. The van der Waals surface area contributed by atoms with Crippen molar-refractivity contribution in [3.63, 3.8) is 0 Å². The van der Waals surface area contributed by atoms with Crippen molar-refractivity contribution in [1.29, 1.82) is 0 Å². The molecule has 8 heteroatoms. The molecule has 0 spiro atoms. The van der Waals surface area contributed by atoms with Crippen LogP contribution >= 0.6 is 11.8 Å². The molecule has 1 fully saturated rings. The molecule has 150 valence electrons. The number of rotatable bonds is 5. The molecule has 0 unspecified atom stereocenters. The van der Waals surface area contributed by atoms with Gasteiger partial charge >= 0.3 is 5.97 Å². The maximum absolute atomic E-state index is 13.9. The van der Waals surface area contributed by atoms with E-state index in [0.29, 0.717) is 17.1 Å². The molecule has 2 amide bonds. The number of carboxylic acids is 1. The first-order valence-corrected chi connectivity index (χ1v) is 9.66. The Balaban J connectivity index is 1.55. The molecule has 1 aromatic heterocycles. The Morgan fingerprint density at radius 2 is 1.90 bits per heavy atom. The van der Waals surface area contributed by atoms with Crippen molar-refractivity contribution in [2.45, 2.75) is 6.54 Å². The maximum atomic E-state index is 13.9. The van der Waals surface area contributed by atoms with Gasteiger partial charge in [-0.1, -0.05) is 30.3 Å². The maximum Gasteiger partial charge on any atom is 0.335 e. The fourth-order valence-corrected chi connectivity index (χ4v) is 3.77. The van der Waals surface area contributed by atoms with E-state index in [9.17, 15) is 18.8 Å². The largest absolute Gasteiger partial charge is 0.478 e. The molecule has 2 heterocycles. The Labute approximate surface area is 174 Å². The summed E-state index contributed by atoms with van der Waals surface area (Å²) in [5.41, 5.74) is 0.946. The van der Waals surface area contributed by atoms with Gasteiger partial charge in [0.25, 0.3) is 11.1 Å². The quantitative estimate of drug-likeness (QED) is 0.580. The second kappa shape index (κ2) is 8.00. The number of hydrogen-bond acceptors (Lipinski definition) is 5. The molecule has 4 rings (SSSR count). The third-order valence-corrected chi connectivity index (χ3v) is 5.36. The van der Waals surface area contributed by atoms with Crippen LogP contribution in [0.2, 0.25) is 0 Å². The summed E-state index contributed by atoms with van der Waals surface area (Å²) in [5.74, 6) is -1.30. The predicted molar refractivity (Wildman–Crippen MR) is 109 cm³/mol. The van der Waals surface area contributed by atoms with Crippen molar-refractivity contribution < 1.29 is 28.3 Å². The molecule has 1 saturated heterocycles. The molecule has 3 aromatic rings. The number of amides is 2. The van der Waals surface area contributed by atoms with E-state index in [2.05, 4.69) is 0 Å². The molecule has 30 heavy (non-hydrogen) atoms. The summed E-state index contributed by atoms with van der Waals surface area (Å²) in [5, 5.41) is 8.62. The minimum atomic E-state index is -1.05. The molecule has 0 bridgehead atoms. The highest BCUT2D eigenvalue weighted by molar-refractivity contribution is 8.18. The third kappa shape index (κ3) is 3.90. The number of aromatic carboxylic acids is 1. The highest BCUT2D eigenvalue weighted by atomic mass is 32.2. The summed E-state index contributed by atoms with van der Waals surface area (Å²) in [6, 6.07) is 15.5. The Morgan fingerprint density at radius 1 is 1.10 bits per heavy atom. The minimum absolute atomic E-state index is 0.125. The first-order chi connectivity index (χ1) is 14.4. The van der Waals surface area contributed by atoms with Gasteiger partial charge in [-0.05, 0) is 42.1 Å². The standard InChI is InChI=1S/C22H14FNO5S/c23-17-7-2-1-4-15(17)12-24-20(25)19(30-22(24)28)11-16-8-9-18(29-16)13-5-3-6-14(10-13)21(26)27/h1-11H,12H2,(H,26,27)/b19-11+. The fourth-order valence-electron chi connectivity index (χ4n) is 2.95. The molecular formula is C22H14FNO5S. The summed E-state index contributed by atoms with van der Waals surface area (Å²) >= 11 is 0.752. The first kappa shape index (κ1) is 19.7. The van der Waals surface area contributed by atoms with Crippen LogP contribution in [0, 0.1) is 5.82 Å². The fraction of sp³-hybridized carbons (Fsp3) is 0.0455. The smallest absolute Gasteiger partial charge is 0.335 e. The van der Waals surface area contributed by atoms with Crippen molar-refractivity contribution in [1.82, 2.24) is 4.90 Å². The van der Waals surface area contributed by atoms with E-state index in [4.69, 9.17) is 9.52 Å².